The maximum Gasteiger partial charge on any atom is 0.161 e. The minimum atomic E-state index is -0.319. The molecule has 2 aromatic rings. The van der Waals surface area contributed by atoms with Gasteiger partial charge < -0.3 is 0 Å². The van der Waals surface area contributed by atoms with Crippen LogP contribution in [0.2, 0.25) is 0 Å². The average Bonchev–Trinajstić information content (AvgIpc) is 2.16. The van der Waals surface area contributed by atoms with E-state index in [0.29, 0.717) is 16.5 Å². The van der Waals surface area contributed by atoms with Crippen LogP contribution in [-0.4, -0.2) is 10.8 Å². The standard InChI is InChI=1S/C11H8FNO/c1-7(14)9-4-8-5-10(12)2-3-11(8)13-6-9/h2-6H,1H3. The van der Waals surface area contributed by atoms with Gasteiger partial charge in [-0.25, -0.2) is 4.39 Å². The lowest BCUT2D eigenvalue weighted by molar-refractivity contribution is 0.101. The molecule has 0 spiro atoms. The lowest BCUT2D eigenvalue weighted by Gasteiger charge is -1.99. The maximum absolute atomic E-state index is 12.9. The Kier molecular flexibility index (Phi) is 2.00. The molecule has 0 unspecified atom stereocenters. The number of ketones is 1. The SMILES string of the molecule is CC(=O)c1cnc2ccc(F)cc2c1. The van der Waals surface area contributed by atoms with Gasteiger partial charge >= 0.3 is 0 Å². The topological polar surface area (TPSA) is 30.0 Å². The van der Waals surface area contributed by atoms with E-state index in [2.05, 4.69) is 4.98 Å². The molecule has 0 radical (unpaired) electrons. The number of rotatable bonds is 1. The van der Waals surface area contributed by atoms with Crippen molar-refractivity contribution >= 4 is 16.7 Å². The number of pyridine rings is 1. The molecule has 0 atom stereocenters. The predicted molar refractivity (Wildman–Crippen MR) is 51.7 cm³/mol. The Morgan fingerprint density at radius 2 is 2.14 bits per heavy atom. The molecule has 1 aromatic heterocycles. The molecule has 2 rings (SSSR count). The van der Waals surface area contributed by atoms with Crippen LogP contribution >= 0.6 is 0 Å². The molecule has 0 bridgehead atoms. The van der Waals surface area contributed by atoms with Crippen LogP contribution in [0.1, 0.15) is 17.3 Å². The van der Waals surface area contributed by atoms with Crippen molar-refractivity contribution in [1.29, 1.82) is 0 Å². The summed E-state index contributed by atoms with van der Waals surface area (Å²) in [5, 5.41) is 0.651. The van der Waals surface area contributed by atoms with Crippen LogP contribution in [0.15, 0.2) is 30.5 Å². The van der Waals surface area contributed by atoms with Crippen LogP contribution in [0.3, 0.4) is 0 Å². The zero-order chi connectivity index (χ0) is 10.1. The lowest BCUT2D eigenvalue weighted by Crippen LogP contribution is -1.93. The van der Waals surface area contributed by atoms with Gasteiger partial charge in [0.05, 0.1) is 5.52 Å². The number of aromatic nitrogens is 1. The molecule has 0 saturated heterocycles. The summed E-state index contributed by atoms with van der Waals surface area (Å²) in [5.74, 6) is -0.385. The summed E-state index contributed by atoms with van der Waals surface area (Å²) < 4.78 is 12.9. The first-order valence-corrected chi connectivity index (χ1v) is 4.23. The normalized spacial score (nSPS) is 10.4. The first-order valence-electron chi connectivity index (χ1n) is 4.23. The van der Waals surface area contributed by atoms with Gasteiger partial charge in [0, 0.05) is 17.1 Å². The Hall–Kier alpha value is -1.77. The van der Waals surface area contributed by atoms with Crippen molar-refractivity contribution in [1.82, 2.24) is 4.98 Å². The second kappa shape index (κ2) is 3.18. The molecule has 2 nitrogen and oxygen atoms in total. The average molecular weight is 189 g/mol. The first-order chi connectivity index (χ1) is 6.66. The number of hydrogen-bond acceptors (Lipinski definition) is 2. The molecule has 70 valence electrons. The summed E-state index contributed by atoms with van der Waals surface area (Å²) >= 11 is 0. The van der Waals surface area contributed by atoms with Gasteiger partial charge in [-0.2, -0.15) is 0 Å². The highest BCUT2D eigenvalue weighted by Gasteiger charge is 2.02. The van der Waals surface area contributed by atoms with Crippen molar-refractivity contribution in [3.63, 3.8) is 0 Å². The van der Waals surface area contributed by atoms with E-state index < -0.39 is 0 Å². The van der Waals surface area contributed by atoms with E-state index in [-0.39, 0.29) is 11.6 Å². The monoisotopic (exact) mass is 189 g/mol. The van der Waals surface area contributed by atoms with E-state index in [1.165, 1.54) is 25.3 Å². The molecule has 0 amide bonds. The predicted octanol–water partition coefficient (Wildman–Crippen LogP) is 2.58. The highest BCUT2D eigenvalue weighted by molar-refractivity contribution is 5.97. The van der Waals surface area contributed by atoms with Crippen molar-refractivity contribution in [2.24, 2.45) is 0 Å². The Bertz CT molecular complexity index is 508. The summed E-state index contributed by atoms with van der Waals surface area (Å²) in [4.78, 5) is 15.1. The number of hydrogen-bond donors (Lipinski definition) is 0. The van der Waals surface area contributed by atoms with Crippen molar-refractivity contribution in [2.75, 3.05) is 0 Å². The van der Waals surface area contributed by atoms with Crippen molar-refractivity contribution in [2.45, 2.75) is 6.92 Å². The van der Waals surface area contributed by atoms with Crippen LogP contribution in [0.25, 0.3) is 10.9 Å². The second-order valence-corrected chi connectivity index (χ2v) is 3.12. The van der Waals surface area contributed by atoms with Gasteiger partial charge in [-0.1, -0.05) is 0 Å². The number of benzene rings is 1. The molecule has 1 heterocycles. The quantitative estimate of drug-likeness (QED) is 0.645. The number of halogens is 1. The number of nitrogens with zero attached hydrogens (tertiary/aromatic N) is 1. The molecule has 0 aliphatic carbocycles. The van der Waals surface area contributed by atoms with E-state index in [0.717, 1.165) is 0 Å². The van der Waals surface area contributed by atoms with E-state index in [1.807, 2.05) is 0 Å². The molecule has 0 aliphatic heterocycles. The zero-order valence-corrected chi connectivity index (χ0v) is 7.62. The summed E-state index contributed by atoms with van der Waals surface area (Å²) in [6.07, 6.45) is 1.50. The maximum atomic E-state index is 12.9. The molecule has 14 heavy (non-hydrogen) atoms. The highest BCUT2D eigenvalue weighted by atomic mass is 19.1. The lowest BCUT2D eigenvalue weighted by atomic mass is 10.1. The van der Waals surface area contributed by atoms with Gasteiger partial charge in [-0.05, 0) is 31.2 Å². The minimum Gasteiger partial charge on any atom is -0.294 e. The molecule has 3 heteroatoms. The van der Waals surface area contributed by atoms with Gasteiger partial charge in [0.2, 0.25) is 0 Å². The van der Waals surface area contributed by atoms with E-state index >= 15 is 0 Å². The van der Waals surface area contributed by atoms with Gasteiger partial charge in [0.1, 0.15) is 5.82 Å². The van der Waals surface area contributed by atoms with Crippen LogP contribution in [0.5, 0.6) is 0 Å². The smallest absolute Gasteiger partial charge is 0.161 e. The molecule has 0 aliphatic rings. The zero-order valence-electron chi connectivity index (χ0n) is 7.62. The third-order valence-corrected chi connectivity index (χ3v) is 2.05. The summed E-state index contributed by atoms with van der Waals surface area (Å²) in [6, 6.07) is 5.96. The van der Waals surface area contributed by atoms with Crippen molar-refractivity contribution in [3.8, 4) is 0 Å². The molecule has 0 fully saturated rings. The minimum absolute atomic E-state index is 0.0661. The fourth-order valence-electron chi connectivity index (χ4n) is 1.29. The Morgan fingerprint density at radius 3 is 2.86 bits per heavy atom. The Morgan fingerprint density at radius 1 is 1.36 bits per heavy atom. The van der Waals surface area contributed by atoms with E-state index in [1.54, 1.807) is 12.1 Å². The number of carbonyl (C=O) groups is 1. The van der Waals surface area contributed by atoms with E-state index in [9.17, 15) is 9.18 Å². The number of fused-ring (bicyclic) bond motifs is 1. The third kappa shape index (κ3) is 1.48. The highest BCUT2D eigenvalue weighted by Crippen LogP contribution is 2.14. The van der Waals surface area contributed by atoms with Gasteiger partial charge in [0.25, 0.3) is 0 Å². The third-order valence-electron chi connectivity index (χ3n) is 2.05. The molecule has 1 aromatic carbocycles. The molecular weight excluding hydrogens is 181 g/mol. The summed E-state index contributed by atoms with van der Waals surface area (Å²) in [5.41, 5.74) is 1.19. The van der Waals surface area contributed by atoms with Gasteiger partial charge in [-0.15, -0.1) is 0 Å². The second-order valence-electron chi connectivity index (χ2n) is 3.12. The molecule has 0 N–H and O–H groups in total. The van der Waals surface area contributed by atoms with Crippen LogP contribution < -0.4 is 0 Å². The molecule has 0 saturated carbocycles. The number of carbonyl (C=O) groups excluding carboxylic acids is 1. The Balaban J connectivity index is 2.69. The Labute approximate surface area is 80.4 Å². The van der Waals surface area contributed by atoms with Crippen molar-refractivity contribution in [3.05, 3.63) is 41.8 Å². The first kappa shape index (κ1) is 8.81. The van der Waals surface area contributed by atoms with Gasteiger partial charge in [-0.3, -0.25) is 9.78 Å². The molecular formula is C11H8FNO. The largest absolute Gasteiger partial charge is 0.294 e. The van der Waals surface area contributed by atoms with E-state index in [4.69, 9.17) is 0 Å². The number of Topliss-reactive ketones (excluding diaryl/α,β-unsaturated/α-hetero) is 1. The van der Waals surface area contributed by atoms with Gasteiger partial charge in [0.15, 0.2) is 5.78 Å². The van der Waals surface area contributed by atoms with Crippen LogP contribution in [0.4, 0.5) is 4.39 Å². The fraction of sp³-hybridized carbons (Fsp3) is 0.0909. The van der Waals surface area contributed by atoms with Crippen LogP contribution in [0, 0.1) is 5.82 Å². The van der Waals surface area contributed by atoms with Crippen LogP contribution in [-0.2, 0) is 0 Å². The fourth-order valence-corrected chi connectivity index (χ4v) is 1.29. The van der Waals surface area contributed by atoms with Crippen molar-refractivity contribution < 1.29 is 9.18 Å². The summed E-state index contributed by atoms with van der Waals surface area (Å²) in [7, 11) is 0. The summed E-state index contributed by atoms with van der Waals surface area (Å²) in [6.45, 7) is 1.46.